The lowest BCUT2D eigenvalue weighted by atomic mass is 10.1. The second-order valence-electron chi connectivity index (χ2n) is 4.38. The first kappa shape index (κ1) is 11.0. The van der Waals surface area contributed by atoms with Gasteiger partial charge in [-0.25, -0.2) is 0 Å². The molecule has 0 heterocycles. The van der Waals surface area contributed by atoms with E-state index in [1.807, 2.05) is 0 Å². The molecule has 1 rings (SSSR count). The Bertz CT molecular complexity index is 132. The molecule has 1 aliphatic carbocycles. The number of nitrogens with two attached hydrogens (primary N) is 1. The third-order valence-electron chi connectivity index (χ3n) is 2.96. The maximum atomic E-state index is 5.53. The molecule has 0 radical (unpaired) electrons. The average Bonchev–Trinajstić information content (AvgIpc) is 2.94. The van der Waals surface area contributed by atoms with Crippen molar-refractivity contribution in [2.75, 3.05) is 19.6 Å². The van der Waals surface area contributed by atoms with Crippen molar-refractivity contribution in [3.63, 3.8) is 0 Å². The Balaban J connectivity index is 2.20. The van der Waals surface area contributed by atoms with Gasteiger partial charge in [0.05, 0.1) is 0 Å². The lowest BCUT2D eigenvalue weighted by Gasteiger charge is -2.24. The number of rotatable bonds is 7. The molecule has 2 N–H and O–H groups in total. The van der Waals surface area contributed by atoms with Crippen LogP contribution in [0.25, 0.3) is 0 Å². The van der Waals surface area contributed by atoms with Gasteiger partial charge in [-0.2, -0.15) is 0 Å². The maximum Gasteiger partial charge on any atom is 0.00965 e. The molecule has 1 fully saturated rings. The van der Waals surface area contributed by atoms with Crippen molar-refractivity contribution < 1.29 is 0 Å². The van der Waals surface area contributed by atoms with Gasteiger partial charge in [-0.05, 0) is 38.3 Å². The standard InChI is InChI=1S/C11H24N2/c1-3-10(2)9-13(8-4-7-12)11-5-6-11/h10-11H,3-9,12H2,1-2H3. The van der Waals surface area contributed by atoms with E-state index in [2.05, 4.69) is 18.7 Å². The minimum absolute atomic E-state index is 0.837. The van der Waals surface area contributed by atoms with Gasteiger partial charge in [0.1, 0.15) is 0 Å². The second-order valence-corrected chi connectivity index (χ2v) is 4.38. The Morgan fingerprint density at radius 2 is 2.15 bits per heavy atom. The molecule has 0 aliphatic heterocycles. The summed E-state index contributed by atoms with van der Waals surface area (Å²) in [5.41, 5.74) is 5.53. The zero-order valence-corrected chi connectivity index (χ0v) is 9.13. The lowest BCUT2D eigenvalue weighted by Crippen LogP contribution is -2.32. The molecule has 0 aromatic heterocycles. The zero-order chi connectivity index (χ0) is 9.68. The highest BCUT2D eigenvalue weighted by Gasteiger charge is 2.28. The van der Waals surface area contributed by atoms with Gasteiger partial charge in [0.15, 0.2) is 0 Å². The Kier molecular flexibility index (Phi) is 4.74. The van der Waals surface area contributed by atoms with E-state index < -0.39 is 0 Å². The van der Waals surface area contributed by atoms with Crippen LogP contribution in [0.15, 0.2) is 0 Å². The molecule has 1 atom stereocenters. The molecule has 0 aromatic carbocycles. The van der Waals surface area contributed by atoms with E-state index in [4.69, 9.17) is 5.73 Å². The molecule has 78 valence electrons. The fourth-order valence-electron chi connectivity index (χ4n) is 1.69. The summed E-state index contributed by atoms with van der Waals surface area (Å²) >= 11 is 0. The molecular formula is C11H24N2. The molecule has 0 spiro atoms. The SMILES string of the molecule is CCC(C)CN(CCCN)C1CC1. The minimum Gasteiger partial charge on any atom is -0.330 e. The molecule has 0 amide bonds. The van der Waals surface area contributed by atoms with E-state index in [0.29, 0.717) is 0 Å². The normalized spacial score (nSPS) is 19.4. The van der Waals surface area contributed by atoms with Gasteiger partial charge in [0.25, 0.3) is 0 Å². The van der Waals surface area contributed by atoms with Gasteiger partial charge < -0.3 is 10.6 Å². The van der Waals surface area contributed by atoms with Crippen molar-refractivity contribution >= 4 is 0 Å². The van der Waals surface area contributed by atoms with Gasteiger partial charge in [0.2, 0.25) is 0 Å². The average molecular weight is 184 g/mol. The summed E-state index contributed by atoms with van der Waals surface area (Å²) in [5, 5.41) is 0. The van der Waals surface area contributed by atoms with Crippen LogP contribution in [-0.2, 0) is 0 Å². The van der Waals surface area contributed by atoms with Gasteiger partial charge in [-0.15, -0.1) is 0 Å². The molecule has 2 nitrogen and oxygen atoms in total. The number of hydrogen-bond donors (Lipinski definition) is 1. The van der Waals surface area contributed by atoms with Crippen LogP contribution < -0.4 is 5.73 Å². The van der Waals surface area contributed by atoms with Crippen LogP contribution in [-0.4, -0.2) is 30.6 Å². The van der Waals surface area contributed by atoms with E-state index in [1.54, 1.807) is 0 Å². The first-order chi connectivity index (χ1) is 6.27. The first-order valence-corrected chi connectivity index (χ1v) is 5.72. The van der Waals surface area contributed by atoms with Crippen molar-refractivity contribution in [3.05, 3.63) is 0 Å². The number of hydrogen-bond acceptors (Lipinski definition) is 2. The third kappa shape index (κ3) is 4.10. The molecule has 2 heteroatoms. The smallest absolute Gasteiger partial charge is 0.00965 e. The second kappa shape index (κ2) is 5.61. The summed E-state index contributed by atoms with van der Waals surface area (Å²) < 4.78 is 0. The summed E-state index contributed by atoms with van der Waals surface area (Å²) in [5.74, 6) is 0.846. The fourth-order valence-corrected chi connectivity index (χ4v) is 1.69. The first-order valence-electron chi connectivity index (χ1n) is 5.72. The largest absolute Gasteiger partial charge is 0.330 e. The predicted molar refractivity (Wildman–Crippen MR) is 57.7 cm³/mol. The van der Waals surface area contributed by atoms with Crippen LogP contribution >= 0.6 is 0 Å². The highest BCUT2D eigenvalue weighted by atomic mass is 15.2. The van der Waals surface area contributed by atoms with Crippen molar-refractivity contribution in [1.29, 1.82) is 0 Å². The molecular weight excluding hydrogens is 160 g/mol. The monoisotopic (exact) mass is 184 g/mol. The summed E-state index contributed by atoms with van der Waals surface area (Å²) in [4.78, 5) is 2.64. The van der Waals surface area contributed by atoms with Crippen LogP contribution in [0.4, 0.5) is 0 Å². The molecule has 1 saturated carbocycles. The summed E-state index contributed by atoms with van der Waals surface area (Å²) in [6, 6.07) is 0.903. The quantitative estimate of drug-likeness (QED) is 0.654. The Morgan fingerprint density at radius 3 is 2.62 bits per heavy atom. The molecule has 0 saturated heterocycles. The Hall–Kier alpha value is -0.0800. The summed E-state index contributed by atoms with van der Waals surface area (Å²) in [6.07, 6.45) is 5.29. The van der Waals surface area contributed by atoms with Gasteiger partial charge in [-0.3, -0.25) is 0 Å². The van der Waals surface area contributed by atoms with Crippen LogP contribution in [0.3, 0.4) is 0 Å². The third-order valence-corrected chi connectivity index (χ3v) is 2.96. The van der Waals surface area contributed by atoms with E-state index in [9.17, 15) is 0 Å². The van der Waals surface area contributed by atoms with E-state index >= 15 is 0 Å². The Labute approximate surface area is 82.5 Å². The molecule has 0 aromatic rings. The fraction of sp³-hybridized carbons (Fsp3) is 1.00. The van der Waals surface area contributed by atoms with Gasteiger partial charge in [0, 0.05) is 12.6 Å². The van der Waals surface area contributed by atoms with Crippen LogP contribution in [0.2, 0.25) is 0 Å². The van der Waals surface area contributed by atoms with E-state index in [-0.39, 0.29) is 0 Å². The van der Waals surface area contributed by atoms with Crippen LogP contribution in [0, 0.1) is 5.92 Å². The lowest BCUT2D eigenvalue weighted by molar-refractivity contribution is 0.224. The van der Waals surface area contributed by atoms with Gasteiger partial charge in [-0.1, -0.05) is 20.3 Å². The van der Waals surface area contributed by atoms with E-state index in [0.717, 1.165) is 24.9 Å². The molecule has 0 bridgehead atoms. The maximum absolute atomic E-state index is 5.53. The topological polar surface area (TPSA) is 29.3 Å². The number of nitrogens with zero attached hydrogens (tertiary/aromatic N) is 1. The van der Waals surface area contributed by atoms with Crippen molar-refractivity contribution in [2.24, 2.45) is 11.7 Å². The van der Waals surface area contributed by atoms with Crippen molar-refractivity contribution in [3.8, 4) is 0 Å². The molecule has 1 unspecified atom stereocenters. The summed E-state index contributed by atoms with van der Waals surface area (Å²) in [7, 11) is 0. The zero-order valence-electron chi connectivity index (χ0n) is 9.13. The Morgan fingerprint density at radius 1 is 1.46 bits per heavy atom. The van der Waals surface area contributed by atoms with Crippen molar-refractivity contribution in [1.82, 2.24) is 4.90 Å². The summed E-state index contributed by atoms with van der Waals surface area (Å²) in [6.45, 7) is 7.95. The molecule has 13 heavy (non-hydrogen) atoms. The van der Waals surface area contributed by atoms with Crippen LogP contribution in [0.5, 0.6) is 0 Å². The highest BCUT2D eigenvalue weighted by Crippen LogP contribution is 2.27. The van der Waals surface area contributed by atoms with Crippen LogP contribution in [0.1, 0.15) is 39.5 Å². The highest BCUT2D eigenvalue weighted by molar-refractivity contribution is 4.85. The molecule has 1 aliphatic rings. The van der Waals surface area contributed by atoms with Gasteiger partial charge >= 0.3 is 0 Å². The predicted octanol–water partition coefficient (Wildman–Crippen LogP) is 1.85. The van der Waals surface area contributed by atoms with E-state index in [1.165, 1.54) is 32.4 Å². The van der Waals surface area contributed by atoms with Crippen molar-refractivity contribution in [2.45, 2.75) is 45.6 Å². The minimum atomic E-state index is 0.837.